The number of nitrogens with zero attached hydrogens (tertiary/aromatic N) is 7. The molecule has 0 unspecified atom stereocenters. The van der Waals surface area contributed by atoms with Gasteiger partial charge in [0.1, 0.15) is 11.7 Å². The number of nitriles is 1. The third-order valence-corrected chi connectivity index (χ3v) is 10.3. The van der Waals surface area contributed by atoms with Crippen LogP contribution in [-0.4, -0.2) is 120 Å². The average molecular weight is 775 g/mol. The standard InChI is InChI=1S/C39H50N8O7S/c1-5-32-31(23-40)34(27-9-11-29(12-10-27)42-35(49)39(51,52)53)44-36(43-32)55-25-30-8-6-7-28(41-30)13-14-33(48)46-21-19-45(20-22-46)24-26-15-17-47(18-16-26)37(50)54-38(2,3)4/h6-12,26,51-53H,5,13-22,24-25H2,1-4H3,(H,42,49). The molecule has 15 nitrogen and oxygen atoms in total. The van der Waals surface area contributed by atoms with E-state index in [0.29, 0.717) is 84.8 Å². The van der Waals surface area contributed by atoms with Gasteiger partial charge < -0.3 is 35.2 Å². The predicted molar refractivity (Wildman–Crippen MR) is 205 cm³/mol. The van der Waals surface area contributed by atoms with Gasteiger partial charge in [-0.05, 0) is 76.6 Å². The van der Waals surface area contributed by atoms with E-state index < -0.39 is 17.5 Å². The van der Waals surface area contributed by atoms with E-state index in [0.717, 1.165) is 43.9 Å². The van der Waals surface area contributed by atoms with Gasteiger partial charge in [-0.2, -0.15) is 5.26 Å². The fourth-order valence-electron chi connectivity index (χ4n) is 6.51. The molecule has 0 bridgehead atoms. The molecule has 0 radical (unpaired) electrons. The number of aromatic nitrogens is 3. The summed E-state index contributed by atoms with van der Waals surface area (Å²) in [4.78, 5) is 57.6. The van der Waals surface area contributed by atoms with Crippen molar-refractivity contribution in [3.63, 3.8) is 0 Å². The molecule has 2 aliphatic rings. The Bertz CT molecular complexity index is 1860. The molecule has 2 aliphatic heterocycles. The van der Waals surface area contributed by atoms with Gasteiger partial charge in [-0.25, -0.2) is 14.8 Å². The Balaban J connectivity index is 1.10. The van der Waals surface area contributed by atoms with Gasteiger partial charge in [0, 0.05) is 74.9 Å². The molecule has 4 N–H and O–H groups in total. The maximum atomic E-state index is 13.2. The van der Waals surface area contributed by atoms with Gasteiger partial charge in [0.2, 0.25) is 5.91 Å². The normalized spacial score (nSPS) is 15.7. The van der Waals surface area contributed by atoms with Crippen molar-refractivity contribution in [3.05, 3.63) is 65.1 Å². The van der Waals surface area contributed by atoms with E-state index in [1.165, 1.54) is 23.9 Å². The molecule has 3 amide bonds. The highest BCUT2D eigenvalue weighted by molar-refractivity contribution is 7.98. The molecule has 16 heteroatoms. The number of ether oxygens (including phenoxy) is 1. The molecule has 0 spiro atoms. The molecule has 4 heterocycles. The zero-order chi connectivity index (χ0) is 39.8. The number of pyridine rings is 1. The number of piperidine rings is 1. The van der Waals surface area contributed by atoms with E-state index in [4.69, 9.17) is 25.0 Å². The van der Waals surface area contributed by atoms with Gasteiger partial charge in [0.05, 0.1) is 22.6 Å². The molecule has 3 aromatic rings. The summed E-state index contributed by atoms with van der Waals surface area (Å²) in [5.74, 6) is -3.81. The molecular formula is C39H50N8O7S. The third kappa shape index (κ3) is 11.9. The highest BCUT2D eigenvalue weighted by Gasteiger charge is 2.31. The molecule has 0 aliphatic carbocycles. The number of anilines is 1. The largest absolute Gasteiger partial charge is 0.444 e. The Morgan fingerprint density at radius 2 is 1.60 bits per heavy atom. The zero-order valence-corrected chi connectivity index (χ0v) is 32.6. The number of nitrogens with one attached hydrogen (secondary N) is 1. The maximum Gasteiger partial charge on any atom is 0.410 e. The van der Waals surface area contributed by atoms with Crippen molar-refractivity contribution < 1.29 is 34.4 Å². The van der Waals surface area contributed by atoms with Crippen molar-refractivity contribution >= 4 is 35.4 Å². The first-order chi connectivity index (χ1) is 26.1. The van der Waals surface area contributed by atoms with Crippen LogP contribution in [0.25, 0.3) is 11.3 Å². The molecule has 1 aromatic carbocycles. The number of benzene rings is 1. The first kappa shape index (κ1) is 41.5. The Morgan fingerprint density at radius 3 is 2.22 bits per heavy atom. The average Bonchev–Trinajstić information content (AvgIpc) is 3.15. The SMILES string of the molecule is CCc1nc(SCc2cccc(CCC(=O)N3CCN(CC4CCN(C(=O)OC(C)(C)C)CC4)CC3)n2)nc(-c2ccc(NC(=O)C(O)(O)O)cc2)c1C#N. The van der Waals surface area contributed by atoms with Crippen molar-refractivity contribution in [1.29, 1.82) is 5.26 Å². The van der Waals surface area contributed by atoms with Crippen LogP contribution < -0.4 is 5.32 Å². The molecule has 0 atom stereocenters. The summed E-state index contributed by atoms with van der Waals surface area (Å²) < 4.78 is 5.52. The van der Waals surface area contributed by atoms with Crippen LogP contribution in [0.5, 0.6) is 0 Å². The number of aliphatic hydroxyl groups is 3. The molecule has 5 rings (SSSR count). The second kappa shape index (κ2) is 18.3. The monoisotopic (exact) mass is 774 g/mol. The number of rotatable bonds is 12. The number of carbonyl (C=O) groups excluding carboxylic acids is 3. The van der Waals surface area contributed by atoms with Gasteiger partial charge in [0.25, 0.3) is 0 Å². The highest BCUT2D eigenvalue weighted by Crippen LogP contribution is 2.29. The van der Waals surface area contributed by atoms with Crippen molar-refractivity contribution in [1.82, 2.24) is 29.7 Å². The summed E-state index contributed by atoms with van der Waals surface area (Å²) in [5.41, 5.74) is 3.24. The summed E-state index contributed by atoms with van der Waals surface area (Å²) >= 11 is 1.38. The van der Waals surface area contributed by atoms with Gasteiger partial charge in [-0.15, -0.1) is 0 Å². The van der Waals surface area contributed by atoms with Gasteiger partial charge in [-0.1, -0.05) is 36.9 Å². The van der Waals surface area contributed by atoms with Crippen LogP contribution in [0.3, 0.4) is 0 Å². The maximum absolute atomic E-state index is 13.2. The lowest BCUT2D eigenvalue weighted by molar-refractivity contribution is -0.284. The molecule has 294 valence electrons. The molecule has 55 heavy (non-hydrogen) atoms. The lowest BCUT2D eigenvalue weighted by Crippen LogP contribution is -2.51. The van der Waals surface area contributed by atoms with Crippen molar-refractivity contribution in [2.45, 2.75) is 82.3 Å². The lowest BCUT2D eigenvalue weighted by atomic mass is 9.96. The van der Waals surface area contributed by atoms with E-state index in [1.54, 1.807) is 12.1 Å². The van der Waals surface area contributed by atoms with E-state index in [2.05, 4.69) is 26.3 Å². The summed E-state index contributed by atoms with van der Waals surface area (Å²) in [5, 5.41) is 39.8. The smallest absolute Gasteiger partial charge is 0.410 e. The first-order valence-corrected chi connectivity index (χ1v) is 19.6. The fourth-order valence-corrected chi connectivity index (χ4v) is 7.28. The minimum Gasteiger partial charge on any atom is -0.444 e. The number of hydrogen-bond donors (Lipinski definition) is 4. The molecule has 2 aromatic heterocycles. The van der Waals surface area contributed by atoms with E-state index in [9.17, 15) is 19.6 Å². The van der Waals surface area contributed by atoms with E-state index in [1.807, 2.05) is 55.7 Å². The number of amides is 3. The van der Waals surface area contributed by atoms with Crippen LogP contribution in [0, 0.1) is 17.2 Å². The van der Waals surface area contributed by atoms with Gasteiger partial charge in [0.15, 0.2) is 5.16 Å². The van der Waals surface area contributed by atoms with Crippen LogP contribution in [0.1, 0.15) is 69.6 Å². The van der Waals surface area contributed by atoms with E-state index in [-0.39, 0.29) is 17.7 Å². The topological polar surface area (TPSA) is 205 Å². The summed E-state index contributed by atoms with van der Waals surface area (Å²) in [6.07, 6.45) is 3.07. The van der Waals surface area contributed by atoms with Gasteiger partial charge >= 0.3 is 18.0 Å². The number of carbonyl (C=O) groups is 3. The second-order valence-corrected chi connectivity index (χ2v) is 15.8. The number of aryl methyl sites for hydroxylation is 2. The molecule has 0 saturated carbocycles. The third-order valence-electron chi connectivity index (χ3n) is 9.45. The minimum absolute atomic E-state index is 0.121. The van der Waals surface area contributed by atoms with E-state index >= 15 is 0 Å². The quantitative estimate of drug-likeness (QED) is 0.118. The second-order valence-electron chi connectivity index (χ2n) is 14.8. The first-order valence-electron chi connectivity index (χ1n) is 18.6. The van der Waals surface area contributed by atoms with Crippen molar-refractivity contribution in [3.8, 4) is 17.3 Å². The number of thioether (sulfide) groups is 1. The zero-order valence-electron chi connectivity index (χ0n) is 31.8. The van der Waals surface area contributed by atoms with Gasteiger partial charge in [-0.3, -0.25) is 19.5 Å². The van der Waals surface area contributed by atoms with Crippen molar-refractivity contribution in [2.75, 3.05) is 51.1 Å². The predicted octanol–water partition coefficient (Wildman–Crippen LogP) is 3.56. The highest BCUT2D eigenvalue weighted by atomic mass is 32.2. The minimum atomic E-state index is -3.52. The van der Waals surface area contributed by atoms with Crippen LogP contribution in [-0.2, 0) is 32.9 Å². The Hall–Kier alpha value is -4.66. The molecule has 2 saturated heterocycles. The summed E-state index contributed by atoms with van der Waals surface area (Å²) in [6.45, 7) is 13.0. The summed E-state index contributed by atoms with van der Waals surface area (Å²) in [6, 6.07) is 14.2. The van der Waals surface area contributed by atoms with Crippen molar-refractivity contribution in [2.24, 2.45) is 5.92 Å². The number of likely N-dealkylation sites (tertiary alicyclic amines) is 1. The number of hydrogen-bond acceptors (Lipinski definition) is 13. The number of piperazine rings is 1. The fraction of sp³-hybridized carbons (Fsp3) is 0.513. The van der Waals surface area contributed by atoms with Crippen LogP contribution >= 0.6 is 11.8 Å². The van der Waals surface area contributed by atoms with Crippen LogP contribution in [0.4, 0.5) is 10.5 Å². The Labute approximate surface area is 325 Å². The Morgan fingerprint density at radius 1 is 0.927 bits per heavy atom. The Kier molecular flexibility index (Phi) is 13.8. The molecule has 2 fully saturated rings. The van der Waals surface area contributed by atoms with Crippen LogP contribution in [0.15, 0.2) is 47.6 Å². The molecular weight excluding hydrogens is 725 g/mol. The summed E-state index contributed by atoms with van der Waals surface area (Å²) in [7, 11) is 0. The van der Waals surface area contributed by atoms with Crippen LogP contribution in [0.2, 0.25) is 0 Å². The lowest BCUT2D eigenvalue weighted by Gasteiger charge is -2.39.